The van der Waals surface area contributed by atoms with Crippen LogP contribution in [-0.4, -0.2) is 71.8 Å². The number of piperidine rings is 1. The summed E-state index contributed by atoms with van der Waals surface area (Å²) in [6, 6.07) is 17.1. The van der Waals surface area contributed by atoms with Crippen molar-refractivity contribution in [3.63, 3.8) is 0 Å². The van der Waals surface area contributed by atoms with Gasteiger partial charge in [-0.05, 0) is 87.2 Å². The van der Waals surface area contributed by atoms with Gasteiger partial charge in [0.2, 0.25) is 10.0 Å². The highest BCUT2D eigenvalue weighted by atomic mass is 32.2. The Morgan fingerprint density at radius 3 is 2.54 bits per heavy atom. The van der Waals surface area contributed by atoms with Crippen LogP contribution in [0.15, 0.2) is 64.4 Å². The zero-order valence-electron chi connectivity index (χ0n) is 20.5. The number of hydrogen-bond donors (Lipinski definition) is 0. The minimum Gasteiger partial charge on any atom is -0.303 e. The molecule has 3 aliphatic rings. The van der Waals surface area contributed by atoms with Crippen molar-refractivity contribution in [2.45, 2.75) is 52.6 Å². The molecule has 0 aliphatic carbocycles. The van der Waals surface area contributed by atoms with Crippen molar-refractivity contribution < 1.29 is 12.6 Å². The van der Waals surface area contributed by atoms with Crippen LogP contribution in [0, 0.1) is 5.92 Å². The lowest BCUT2D eigenvalue weighted by atomic mass is 9.74. The van der Waals surface area contributed by atoms with Crippen LogP contribution < -0.4 is 0 Å². The summed E-state index contributed by atoms with van der Waals surface area (Å²) in [5, 5.41) is 0.531. The van der Waals surface area contributed by atoms with Crippen LogP contribution in [0.1, 0.15) is 37.7 Å². The molecular formula is C27H36N2O3S3. The van der Waals surface area contributed by atoms with Crippen molar-refractivity contribution in [3.8, 4) is 0 Å². The third-order valence-corrected chi connectivity index (χ3v) is 13.2. The summed E-state index contributed by atoms with van der Waals surface area (Å²) in [4.78, 5) is 3.96. The zero-order valence-corrected chi connectivity index (χ0v) is 22.9. The lowest BCUT2D eigenvalue weighted by molar-refractivity contribution is 0.159. The van der Waals surface area contributed by atoms with Crippen LogP contribution >= 0.6 is 11.8 Å². The highest BCUT2D eigenvalue weighted by Gasteiger charge is 2.44. The Bertz CT molecular complexity index is 1140. The quantitative estimate of drug-likeness (QED) is 0.506. The van der Waals surface area contributed by atoms with Crippen molar-refractivity contribution in [1.82, 2.24) is 9.21 Å². The molecule has 190 valence electrons. The minimum atomic E-state index is -3.47. The molecule has 0 radical (unpaired) electrons. The molecule has 1 spiro atoms. The van der Waals surface area contributed by atoms with Crippen LogP contribution in [0.4, 0.5) is 0 Å². The van der Waals surface area contributed by atoms with Crippen LogP contribution in [0.2, 0.25) is 0 Å². The molecule has 2 aromatic carbocycles. The molecule has 5 rings (SSSR count). The molecular weight excluding hydrogens is 497 g/mol. The van der Waals surface area contributed by atoms with Gasteiger partial charge in [0.1, 0.15) is 0 Å². The minimum absolute atomic E-state index is 0.0721. The van der Waals surface area contributed by atoms with Crippen LogP contribution in [0.5, 0.6) is 0 Å². The van der Waals surface area contributed by atoms with E-state index in [2.05, 4.69) is 17.0 Å². The number of benzene rings is 2. The summed E-state index contributed by atoms with van der Waals surface area (Å²) in [5.74, 6) is 2.30. The van der Waals surface area contributed by atoms with E-state index in [0.29, 0.717) is 22.6 Å². The van der Waals surface area contributed by atoms with E-state index in [-0.39, 0.29) is 5.41 Å². The Morgan fingerprint density at radius 1 is 1.11 bits per heavy atom. The maximum absolute atomic E-state index is 13.1. The molecule has 2 aromatic rings. The van der Waals surface area contributed by atoms with Gasteiger partial charge in [0.05, 0.1) is 15.7 Å². The zero-order chi connectivity index (χ0) is 24.5. The Balaban J connectivity index is 1.21. The van der Waals surface area contributed by atoms with Gasteiger partial charge < -0.3 is 4.90 Å². The number of nitrogens with zero attached hydrogens (tertiary/aromatic N) is 2. The number of fused-ring (bicyclic) bond motifs is 2. The molecule has 5 nitrogen and oxygen atoms in total. The van der Waals surface area contributed by atoms with Crippen molar-refractivity contribution in [1.29, 1.82) is 0 Å². The van der Waals surface area contributed by atoms with E-state index in [9.17, 15) is 12.6 Å². The summed E-state index contributed by atoms with van der Waals surface area (Å²) >= 11 is 2.02. The van der Waals surface area contributed by atoms with Gasteiger partial charge in [-0.15, -0.1) is 0 Å². The number of sulfonamides is 1. The standard InChI is InChI=1S/C27H36N2O3S3/c1-28(35(31,32)23-8-3-2-4-9-23)20-22(25-11-7-19-33-25)13-16-29-17-14-27(15-18-29)21-34(30)26-12-6-5-10-24(26)27/h2-6,8-10,12,22,25H,7,11,13-21H2,1H3. The summed E-state index contributed by atoms with van der Waals surface area (Å²) in [7, 11) is -2.61. The summed E-state index contributed by atoms with van der Waals surface area (Å²) in [6.45, 7) is 3.61. The average Bonchev–Trinajstić information content (AvgIpc) is 3.51. The topological polar surface area (TPSA) is 57.7 Å². The molecule has 2 saturated heterocycles. The van der Waals surface area contributed by atoms with E-state index >= 15 is 0 Å². The average molecular weight is 533 g/mol. The van der Waals surface area contributed by atoms with Crippen LogP contribution in [0.3, 0.4) is 0 Å². The van der Waals surface area contributed by atoms with Gasteiger partial charge in [0, 0.05) is 34.9 Å². The molecule has 3 atom stereocenters. The lowest BCUT2D eigenvalue weighted by Crippen LogP contribution is -2.44. The Hall–Kier alpha value is -1.19. The molecule has 2 fully saturated rings. The van der Waals surface area contributed by atoms with E-state index in [1.807, 2.05) is 30.0 Å². The van der Waals surface area contributed by atoms with Gasteiger partial charge in [0.15, 0.2) is 0 Å². The predicted molar refractivity (Wildman–Crippen MR) is 145 cm³/mol. The fourth-order valence-corrected chi connectivity index (χ4v) is 10.6. The Morgan fingerprint density at radius 2 is 1.83 bits per heavy atom. The van der Waals surface area contributed by atoms with Gasteiger partial charge in [0.25, 0.3) is 0 Å². The largest absolute Gasteiger partial charge is 0.303 e. The van der Waals surface area contributed by atoms with Crippen LogP contribution in [0.25, 0.3) is 0 Å². The smallest absolute Gasteiger partial charge is 0.242 e. The van der Waals surface area contributed by atoms with Gasteiger partial charge >= 0.3 is 0 Å². The van der Waals surface area contributed by atoms with Crippen molar-refractivity contribution in [2.75, 3.05) is 44.7 Å². The second kappa shape index (κ2) is 10.7. The molecule has 3 heterocycles. The summed E-state index contributed by atoms with van der Waals surface area (Å²) < 4.78 is 40.6. The van der Waals surface area contributed by atoms with Gasteiger partial charge in [-0.2, -0.15) is 11.8 Å². The highest BCUT2D eigenvalue weighted by Crippen LogP contribution is 2.45. The Kier molecular flexibility index (Phi) is 7.75. The molecule has 8 heteroatoms. The first-order valence-electron chi connectivity index (χ1n) is 12.7. The lowest BCUT2D eigenvalue weighted by Gasteiger charge is -2.40. The highest BCUT2D eigenvalue weighted by molar-refractivity contribution is 8.00. The monoisotopic (exact) mass is 532 g/mol. The van der Waals surface area contributed by atoms with E-state index in [1.54, 1.807) is 35.6 Å². The number of thioether (sulfide) groups is 1. The second-order valence-corrected chi connectivity index (χ2v) is 15.1. The first kappa shape index (κ1) is 25.5. The van der Waals surface area contributed by atoms with Crippen LogP contribution in [-0.2, 0) is 26.2 Å². The number of hydrogen-bond acceptors (Lipinski definition) is 5. The predicted octanol–water partition coefficient (Wildman–Crippen LogP) is 4.36. The first-order chi connectivity index (χ1) is 16.9. The molecule has 35 heavy (non-hydrogen) atoms. The maximum Gasteiger partial charge on any atom is 0.242 e. The molecule has 0 aromatic heterocycles. The third-order valence-electron chi connectivity index (χ3n) is 8.17. The molecule has 3 unspecified atom stereocenters. The number of rotatable bonds is 8. The molecule has 0 N–H and O–H groups in total. The fourth-order valence-electron chi connectivity index (χ4n) is 6.05. The van der Waals surface area contributed by atoms with E-state index in [4.69, 9.17) is 0 Å². The van der Waals surface area contributed by atoms with Crippen molar-refractivity contribution in [3.05, 3.63) is 60.2 Å². The maximum atomic E-state index is 13.1. The fraction of sp³-hybridized carbons (Fsp3) is 0.556. The van der Waals surface area contributed by atoms with Crippen molar-refractivity contribution in [2.24, 2.45) is 5.92 Å². The molecule has 3 aliphatic heterocycles. The van der Waals surface area contributed by atoms with Crippen molar-refractivity contribution >= 4 is 32.6 Å². The SMILES string of the molecule is CN(CC(CCN1CCC2(CC1)CS(=O)c1ccccc12)C1CCCS1)S(=O)(=O)c1ccccc1. The normalized spacial score (nSPS) is 25.2. The molecule has 0 saturated carbocycles. The summed E-state index contributed by atoms with van der Waals surface area (Å²) in [6.07, 6.45) is 5.54. The van der Waals surface area contributed by atoms with E-state index in [0.717, 1.165) is 49.5 Å². The van der Waals surface area contributed by atoms with Gasteiger partial charge in [-0.3, -0.25) is 4.21 Å². The van der Waals surface area contributed by atoms with E-state index in [1.165, 1.54) is 24.2 Å². The third kappa shape index (κ3) is 5.28. The van der Waals surface area contributed by atoms with E-state index < -0.39 is 20.8 Å². The molecule has 0 amide bonds. The van der Waals surface area contributed by atoms with Gasteiger partial charge in [-0.1, -0.05) is 36.4 Å². The Labute approximate surface area is 217 Å². The first-order valence-corrected chi connectivity index (χ1v) is 16.5. The second-order valence-electron chi connectivity index (χ2n) is 10.3. The van der Waals surface area contributed by atoms with Gasteiger partial charge in [-0.25, -0.2) is 12.7 Å². The number of likely N-dealkylation sites (tertiary alicyclic amines) is 1. The molecule has 0 bridgehead atoms. The summed E-state index contributed by atoms with van der Waals surface area (Å²) in [5.41, 5.74) is 1.38.